The second-order valence-electron chi connectivity index (χ2n) is 5.42. The summed E-state index contributed by atoms with van der Waals surface area (Å²) in [6.45, 7) is 2.73. The highest BCUT2D eigenvalue weighted by Crippen LogP contribution is 2.36. The molecule has 2 fully saturated rings. The molecule has 3 atom stereocenters. The molecule has 0 radical (unpaired) electrons. The van der Waals surface area contributed by atoms with Gasteiger partial charge in [0.2, 0.25) is 5.91 Å². The molecule has 1 aliphatic heterocycles. The lowest BCUT2D eigenvalue weighted by atomic mass is 9.85. The summed E-state index contributed by atoms with van der Waals surface area (Å²) >= 11 is 0. The van der Waals surface area contributed by atoms with Crippen LogP contribution < -0.4 is 5.73 Å². The summed E-state index contributed by atoms with van der Waals surface area (Å²) in [5, 5.41) is 11.8. The van der Waals surface area contributed by atoms with E-state index in [4.69, 9.17) is 10.9 Å². The Labute approximate surface area is 108 Å². The first-order chi connectivity index (χ1) is 8.69. The number of amides is 1. The van der Waals surface area contributed by atoms with Gasteiger partial charge in [0.15, 0.2) is 5.84 Å². The lowest BCUT2D eigenvalue weighted by molar-refractivity contribution is -0.135. The minimum Gasteiger partial charge on any atom is -0.409 e. The molecule has 5 nitrogen and oxygen atoms in total. The lowest BCUT2D eigenvalue weighted by Crippen LogP contribution is -2.45. The highest BCUT2D eigenvalue weighted by Gasteiger charge is 2.40. The van der Waals surface area contributed by atoms with Crippen LogP contribution in [0.25, 0.3) is 0 Å². The van der Waals surface area contributed by atoms with Gasteiger partial charge >= 0.3 is 0 Å². The van der Waals surface area contributed by atoms with E-state index < -0.39 is 5.92 Å². The third-order valence-electron chi connectivity index (χ3n) is 4.47. The minimum atomic E-state index is -0.462. The summed E-state index contributed by atoms with van der Waals surface area (Å²) < 4.78 is 0. The summed E-state index contributed by atoms with van der Waals surface area (Å²) in [4.78, 5) is 14.5. The Hall–Kier alpha value is -1.26. The highest BCUT2D eigenvalue weighted by molar-refractivity contribution is 6.02. The smallest absolute Gasteiger partial charge is 0.233 e. The summed E-state index contributed by atoms with van der Waals surface area (Å²) in [7, 11) is 0. The van der Waals surface area contributed by atoms with E-state index in [1.165, 1.54) is 19.3 Å². The van der Waals surface area contributed by atoms with Crippen LogP contribution in [0.1, 0.15) is 45.4 Å². The Balaban J connectivity index is 2.08. The zero-order valence-electron chi connectivity index (χ0n) is 11.0. The fourth-order valence-corrected chi connectivity index (χ4v) is 3.46. The van der Waals surface area contributed by atoms with Crippen LogP contribution in [0.4, 0.5) is 0 Å². The van der Waals surface area contributed by atoms with Crippen LogP contribution >= 0.6 is 0 Å². The number of rotatable bonds is 3. The molecule has 1 heterocycles. The molecule has 1 aliphatic carbocycles. The average Bonchev–Trinajstić information content (AvgIpc) is 2.82. The molecule has 3 unspecified atom stereocenters. The van der Waals surface area contributed by atoms with E-state index in [1.54, 1.807) is 0 Å². The average molecular weight is 253 g/mol. The third-order valence-corrected chi connectivity index (χ3v) is 4.47. The predicted molar refractivity (Wildman–Crippen MR) is 69.3 cm³/mol. The molecule has 1 saturated carbocycles. The summed E-state index contributed by atoms with van der Waals surface area (Å²) in [5.74, 6) is 0.298. The molecule has 3 N–H and O–H groups in total. The van der Waals surface area contributed by atoms with Crippen LogP contribution in [0, 0.1) is 11.8 Å². The SMILES string of the molecule is CCC(C(=O)N1CCC2CCCCC21)C(N)=NO. The van der Waals surface area contributed by atoms with Gasteiger partial charge in [-0.2, -0.15) is 0 Å². The second kappa shape index (κ2) is 5.59. The van der Waals surface area contributed by atoms with Crippen molar-refractivity contribution in [2.45, 2.75) is 51.5 Å². The zero-order valence-corrected chi connectivity index (χ0v) is 11.0. The Morgan fingerprint density at radius 3 is 2.83 bits per heavy atom. The maximum Gasteiger partial charge on any atom is 0.233 e. The van der Waals surface area contributed by atoms with Gasteiger partial charge in [-0.1, -0.05) is 24.9 Å². The molecule has 5 heteroatoms. The molecule has 0 bridgehead atoms. The van der Waals surface area contributed by atoms with Crippen molar-refractivity contribution < 1.29 is 10.0 Å². The number of fused-ring (bicyclic) bond motifs is 1. The van der Waals surface area contributed by atoms with E-state index in [-0.39, 0.29) is 11.7 Å². The van der Waals surface area contributed by atoms with E-state index in [1.807, 2.05) is 11.8 Å². The fourth-order valence-electron chi connectivity index (χ4n) is 3.46. The molecule has 1 amide bonds. The van der Waals surface area contributed by atoms with E-state index in [9.17, 15) is 4.79 Å². The number of nitrogens with two attached hydrogens (primary N) is 1. The van der Waals surface area contributed by atoms with E-state index in [0.717, 1.165) is 19.4 Å². The van der Waals surface area contributed by atoms with Crippen molar-refractivity contribution in [3.63, 3.8) is 0 Å². The zero-order chi connectivity index (χ0) is 13.1. The number of oxime groups is 1. The van der Waals surface area contributed by atoms with Gasteiger partial charge in [0.05, 0.1) is 5.92 Å². The number of hydrogen-bond acceptors (Lipinski definition) is 3. The Bertz CT molecular complexity index is 343. The van der Waals surface area contributed by atoms with E-state index in [0.29, 0.717) is 18.4 Å². The van der Waals surface area contributed by atoms with Crippen molar-refractivity contribution in [3.8, 4) is 0 Å². The normalized spacial score (nSPS) is 30.1. The monoisotopic (exact) mass is 253 g/mol. The number of likely N-dealkylation sites (tertiary alicyclic amines) is 1. The number of carbonyl (C=O) groups excluding carboxylic acids is 1. The maximum atomic E-state index is 12.5. The first-order valence-corrected chi connectivity index (χ1v) is 6.97. The Kier molecular flexibility index (Phi) is 4.09. The summed E-state index contributed by atoms with van der Waals surface area (Å²) in [6.07, 6.45) is 6.56. The molecule has 2 rings (SSSR count). The van der Waals surface area contributed by atoms with Crippen molar-refractivity contribution in [1.29, 1.82) is 0 Å². The van der Waals surface area contributed by atoms with Gasteiger partial charge in [-0.3, -0.25) is 4.79 Å². The van der Waals surface area contributed by atoms with Crippen molar-refractivity contribution in [1.82, 2.24) is 4.90 Å². The van der Waals surface area contributed by atoms with Gasteiger partial charge in [0.25, 0.3) is 0 Å². The first kappa shape index (κ1) is 13.2. The van der Waals surface area contributed by atoms with Gasteiger partial charge < -0.3 is 15.8 Å². The second-order valence-corrected chi connectivity index (χ2v) is 5.42. The van der Waals surface area contributed by atoms with Gasteiger partial charge in [0.1, 0.15) is 0 Å². The number of hydrogen-bond donors (Lipinski definition) is 2. The third kappa shape index (κ3) is 2.31. The van der Waals surface area contributed by atoms with Crippen molar-refractivity contribution in [2.24, 2.45) is 22.7 Å². The van der Waals surface area contributed by atoms with Gasteiger partial charge in [-0.15, -0.1) is 0 Å². The lowest BCUT2D eigenvalue weighted by Gasteiger charge is -2.33. The maximum absolute atomic E-state index is 12.5. The summed E-state index contributed by atoms with van der Waals surface area (Å²) in [6, 6.07) is 0.395. The quantitative estimate of drug-likeness (QED) is 0.346. The van der Waals surface area contributed by atoms with E-state index >= 15 is 0 Å². The molecule has 0 aromatic heterocycles. The van der Waals surface area contributed by atoms with E-state index in [2.05, 4.69) is 5.16 Å². The molecule has 0 aromatic carbocycles. The number of carbonyl (C=O) groups is 1. The van der Waals surface area contributed by atoms with Crippen LogP contribution in [0.3, 0.4) is 0 Å². The molecule has 1 saturated heterocycles. The standard InChI is InChI=1S/C13H23N3O2/c1-2-10(12(14)15-18)13(17)16-8-7-9-5-3-4-6-11(9)16/h9-11,18H,2-8H2,1H3,(H2,14,15). The van der Waals surface area contributed by atoms with Crippen LogP contribution in [0.15, 0.2) is 5.16 Å². The van der Waals surface area contributed by atoms with Crippen molar-refractivity contribution in [2.75, 3.05) is 6.54 Å². The number of nitrogens with zero attached hydrogens (tertiary/aromatic N) is 2. The molecule has 102 valence electrons. The molecule has 2 aliphatic rings. The first-order valence-electron chi connectivity index (χ1n) is 6.97. The summed E-state index contributed by atoms with van der Waals surface area (Å²) in [5.41, 5.74) is 5.62. The Morgan fingerprint density at radius 1 is 1.44 bits per heavy atom. The van der Waals surface area contributed by atoms with Crippen LogP contribution in [0.5, 0.6) is 0 Å². The highest BCUT2D eigenvalue weighted by atomic mass is 16.4. The fraction of sp³-hybridized carbons (Fsp3) is 0.846. The molecule has 0 spiro atoms. The molecular formula is C13H23N3O2. The minimum absolute atomic E-state index is 0.0433. The van der Waals surface area contributed by atoms with Crippen LogP contribution in [-0.2, 0) is 4.79 Å². The van der Waals surface area contributed by atoms with Gasteiger partial charge in [-0.25, -0.2) is 0 Å². The van der Waals surface area contributed by atoms with Crippen LogP contribution in [0.2, 0.25) is 0 Å². The largest absolute Gasteiger partial charge is 0.409 e. The molecule has 18 heavy (non-hydrogen) atoms. The van der Waals surface area contributed by atoms with Crippen molar-refractivity contribution >= 4 is 11.7 Å². The van der Waals surface area contributed by atoms with Crippen LogP contribution in [-0.4, -0.2) is 34.4 Å². The van der Waals surface area contributed by atoms with Crippen molar-refractivity contribution in [3.05, 3.63) is 0 Å². The number of amidine groups is 1. The topological polar surface area (TPSA) is 78.9 Å². The van der Waals surface area contributed by atoms with Gasteiger partial charge in [-0.05, 0) is 31.6 Å². The predicted octanol–water partition coefficient (Wildman–Crippen LogP) is 1.55. The Morgan fingerprint density at radius 2 is 2.17 bits per heavy atom. The molecule has 0 aromatic rings. The molecular weight excluding hydrogens is 230 g/mol. The van der Waals surface area contributed by atoms with Gasteiger partial charge in [0, 0.05) is 12.6 Å².